The Balaban J connectivity index is 1.40. The highest BCUT2D eigenvalue weighted by molar-refractivity contribution is 5.85. The van der Waals surface area contributed by atoms with Gasteiger partial charge in [-0.3, -0.25) is 4.79 Å². The molecule has 1 unspecified atom stereocenters. The van der Waals surface area contributed by atoms with Crippen LogP contribution in [0.3, 0.4) is 0 Å². The lowest BCUT2D eigenvalue weighted by atomic mass is 9.86. The molecule has 1 amide bonds. The second kappa shape index (κ2) is 8.01. The summed E-state index contributed by atoms with van der Waals surface area (Å²) in [5.41, 5.74) is 8.60. The molecular weight excluding hydrogens is 400 g/mol. The fourth-order valence-corrected chi connectivity index (χ4v) is 5.63. The van der Waals surface area contributed by atoms with Crippen molar-refractivity contribution in [3.05, 3.63) is 52.8 Å². The zero-order chi connectivity index (χ0) is 21.7. The van der Waals surface area contributed by atoms with Gasteiger partial charge in [0, 0.05) is 49.1 Å². The average molecular weight is 431 g/mol. The van der Waals surface area contributed by atoms with Crippen molar-refractivity contribution in [2.75, 3.05) is 26.3 Å². The molecular formula is C26H30N4O2. The molecule has 3 aliphatic heterocycles. The van der Waals surface area contributed by atoms with E-state index < -0.39 is 0 Å². The van der Waals surface area contributed by atoms with E-state index in [1.807, 2.05) is 12.4 Å². The first kappa shape index (κ1) is 19.9. The molecule has 0 aliphatic carbocycles. The Bertz CT molecular complexity index is 1170. The highest BCUT2D eigenvalue weighted by Gasteiger charge is 2.32. The largest absolute Gasteiger partial charge is 0.381 e. The smallest absolute Gasteiger partial charge is 0.228 e. The number of carbonyl (C=O) groups is 1. The van der Waals surface area contributed by atoms with E-state index in [1.165, 1.54) is 46.0 Å². The van der Waals surface area contributed by atoms with Gasteiger partial charge in [-0.1, -0.05) is 0 Å². The minimum atomic E-state index is 0.0267. The summed E-state index contributed by atoms with van der Waals surface area (Å²) >= 11 is 0. The lowest BCUT2D eigenvalue weighted by Crippen LogP contribution is -2.40. The van der Waals surface area contributed by atoms with E-state index in [-0.39, 0.29) is 11.8 Å². The van der Waals surface area contributed by atoms with E-state index >= 15 is 0 Å². The van der Waals surface area contributed by atoms with Crippen LogP contribution in [0, 0.1) is 12.8 Å². The van der Waals surface area contributed by atoms with Crippen molar-refractivity contribution < 1.29 is 9.53 Å². The van der Waals surface area contributed by atoms with E-state index in [0.717, 1.165) is 37.1 Å². The number of amides is 1. The third-order valence-corrected chi connectivity index (χ3v) is 7.47. The van der Waals surface area contributed by atoms with Crippen molar-refractivity contribution >= 4 is 16.9 Å². The first-order valence-electron chi connectivity index (χ1n) is 11.9. The molecule has 2 aromatic heterocycles. The van der Waals surface area contributed by atoms with Gasteiger partial charge >= 0.3 is 0 Å². The molecule has 0 radical (unpaired) electrons. The summed E-state index contributed by atoms with van der Waals surface area (Å²) in [6.45, 7) is 5.96. The number of ether oxygens (including phenoxy) is 1. The van der Waals surface area contributed by atoms with Crippen molar-refractivity contribution in [1.82, 2.24) is 20.2 Å². The van der Waals surface area contributed by atoms with Crippen LogP contribution in [0.4, 0.5) is 0 Å². The molecule has 0 spiro atoms. The molecule has 5 heterocycles. The molecule has 6 nitrogen and oxygen atoms in total. The number of pyridine rings is 1. The lowest BCUT2D eigenvalue weighted by molar-refractivity contribution is -0.136. The molecule has 0 saturated carbocycles. The molecule has 0 bridgehead atoms. The SMILES string of the molecule is Cc1c[nH]c2ncc(-c3cc4c(c([C@@H]5CCCN5)c3)CCN(C(=O)C3CCOC3)C4)cc12. The van der Waals surface area contributed by atoms with Gasteiger partial charge in [0.15, 0.2) is 0 Å². The van der Waals surface area contributed by atoms with E-state index in [9.17, 15) is 4.79 Å². The van der Waals surface area contributed by atoms with Gasteiger partial charge < -0.3 is 19.9 Å². The molecule has 2 atom stereocenters. The molecule has 6 rings (SSSR count). The van der Waals surface area contributed by atoms with E-state index in [4.69, 9.17) is 4.74 Å². The predicted molar refractivity (Wildman–Crippen MR) is 124 cm³/mol. The monoisotopic (exact) mass is 430 g/mol. The normalized spacial score (nSPS) is 23.1. The van der Waals surface area contributed by atoms with Gasteiger partial charge in [-0.25, -0.2) is 4.98 Å². The Labute approximate surface area is 188 Å². The Kier molecular flexibility index (Phi) is 5.00. The van der Waals surface area contributed by atoms with Crippen LogP contribution in [0.1, 0.15) is 47.6 Å². The minimum absolute atomic E-state index is 0.0267. The van der Waals surface area contributed by atoms with E-state index in [1.54, 1.807) is 0 Å². The number of carbonyl (C=O) groups excluding carboxylic acids is 1. The molecule has 1 aromatic carbocycles. The zero-order valence-corrected chi connectivity index (χ0v) is 18.6. The summed E-state index contributed by atoms with van der Waals surface area (Å²) in [4.78, 5) is 23.0. The molecule has 32 heavy (non-hydrogen) atoms. The number of aromatic amines is 1. The summed E-state index contributed by atoms with van der Waals surface area (Å²) in [5.74, 6) is 0.281. The molecule has 3 aliphatic rings. The Morgan fingerprint density at radius 3 is 2.97 bits per heavy atom. The summed E-state index contributed by atoms with van der Waals surface area (Å²) in [7, 11) is 0. The molecule has 6 heteroatoms. The van der Waals surface area contributed by atoms with E-state index in [2.05, 4.69) is 45.3 Å². The van der Waals surface area contributed by atoms with Crippen LogP contribution >= 0.6 is 0 Å². The first-order valence-corrected chi connectivity index (χ1v) is 11.9. The third-order valence-electron chi connectivity index (χ3n) is 7.47. The average Bonchev–Trinajstić information content (AvgIpc) is 3.60. The van der Waals surface area contributed by atoms with Crippen LogP contribution in [-0.2, 0) is 22.5 Å². The molecule has 2 fully saturated rings. The topological polar surface area (TPSA) is 70.2 Å². The number of fused-ring (bicyclic) bond motifs is 2. The van der Waals surface area contributed by atoms with Crippen LogP contribution in [0.25, 0.3) is 22.2 Å². The van der Waals surface area contributed by atoms with Gasteiger partial charge in [0.2, 0.25) is 5.91 Å². The maximum absolute atomic E-state index is 13.1. The van der Waals surface area contributed by atoms with Crippen LogP contribution in [0.15, 0.2) is 30.6 Å². The number of aromatic nitrogens is 2. The Morgan fingerprint density at radius 2 is 2.16 bits per heavy atom. The van der Waals surface area contributed by atoms with Crippen molar-refractivity contribution in [1.29, 1.82) is 0 Å². The zero-order valence-electron chi connectivity index (χ0n) is 18.6. The molecule has 3 aromatic rings. The summed E-state index contributed by atoms with van der Waals surface area (Å²) in [6, 6.07) is 7.31. The van der Waals surface area contributed by atoms with Crippen LogP contribution in [0.5, 0.6) is 0 Å². The highest BCUT2D eigenvalue weighted by Crippen LogP contribution is 2.36. The van der Waals surface area contributed by atoms with Crippen molar-refractivity contribution in [3.63, 3.8) is 0 Å². The standard InChI is InChI=1S/C26H30N4O2/c1-16-12-28-25-22(16)11-19(13-29-25)18-9-20-14-30(26(31)17-5-8-32-15-17)7-4-21(20)23(10-18)24-3-2-6-27-24/h9-13,17,24,27H,2-8,14-15H2,1H3,(H,28,29)/t17?,24-/m0/s1. The second-order valence-corrected chi connectivity index (χ2v) is 9.51. The number of benzene rings is 1. The summed E-state index contributed by atoms with van der Waals surface area (Å²) in [5, 5.41) is 4.86. The fraction of sp³-hybridized carbons (Fsp3) is 0.462. The number of nitrogens with one attached hydrogen (secondary N) is 2. The Hall–Kier alpha value is -2.70. The quantitative estimate of drug-likeness (QED) is 0.662. The third kappa shape index (κ3) is 3.42. The minimum Gasteiger partial charge on any atom is -0.381 e. The number of hydrogen-bond acceptors (Lipinski definition) is 4. The van der Waals surface area contributed by atoms with Crippen LogP contribution in [-0.4, -0.2) is 47.1 Å². The van der Waals surface area contributed by atoms with Crippen molar-refractivity contribution in [3.8, 4) is 11.1 Å². The maximum atomic E-state index is 13.1. The first-order chi connectivity index (χ1) is 15.7. The summed E-state index contributed by atoms with van der Waals surface area (Å²) in [6.07, 6.45) is 8.14. The number of rotatable bonds is 3. The summed E-state index contributed by atoms with van der Waals surface area (Å²) < 4.78 is 5.47. The molecule has 166 valence electrons. The van der Waals surface area contributed by atoms with Gasteiger partial charge in [0.05, 0.1) is 12.5 Å². The number of nitrogens with zero attached hydrogens (tertiary/aromatic N) is 2. The van der Waals surface area contributed by atoms with Gasteiger partial charge in [-0.2, -0.15) is 0 Å². The van der Waals surface area contributed by atoms with E-state index in [0.29, 0.717) is 25.8 Å². The predicted octanol–water partition coefficient (Wildman–Crippen LogP) is 3.88. The van der Waals surface area contributed by atoms with Gasteiger partial charge in [0.25, 0.3) is 0 Å². The number of H-pyrrole nitrogens is 1. The van der Waals surface area contributed by atoms with Gasteiger partial charge in [0.1, 0.15) is 5.65 Å². The van der Waals surface area contributed by atoms with Crippen LogP contribution < -0.4 is 5.32 Å². The van der Waals surface area contributed by atoms with Gasteiger partial charge in [-0.05, 0) is 85.2 Å². The number of hydrogen-bond donors (Lipinski definition) is 2. The Morgan fingerprint density at radius 1 is 1.22 bits per heavy atom. The van der Waals surface area contributed by atoms with Crippen molar-refractivity contribution in [2.45, 2.75) is 45.2 Å². The van der Waals surface area contributed by atoms with Gasteiger partial charge in [-0.15, -0.1) is 0 Å². The molecule has 2 saturated heterocycles. The molecule has 2 N–H and O–H groups in total. The van der Waals surface area contributed by atoms with Crippen molar-refractivity contribution in [2.24, 2.45) is 5.92 Å². The second-order valence-electron chi connectivity index (χ2n) is 9.51. The maximum Gasteiger partial charge on any atom is 0.228 e. The highest BCUT2D eigenvalue weighted by atomic mass is 16.5. The number of aryl methyl sites for hydroxylation is 1. The lowest BCUT2D eigenvalue weighted by Gasteiger charge is -2.33. The fourth-order valence-electron chi connectivity index (χ4n) is 5.63. The van der Waals surface area contributed by atoms with Crippen LogP contribution in [0.2, 0.25) is 0 Å².